The monoisotopic (exact) mass is 415 g/mol. The minimum Gasteiger partial charge on any atom is -0.492 e. The number of amides is 1. The number of fused-ring (bicyclic) bond motifs is 3. The summed E-state index contributed by atoms with van der Waals surface area (Å²) in [6, 6.07) is 9.50. The number of carbonyl (C=O) groups excluding carboxylic acids is 1. The molecule has 28 heavy (non-hydrogen) atoms. The molecule has 0 radical (unpaired) electrons. The molecule has 4 rings (SSSR count). The van der Waals surface area contributed by atoms with Gasteiger partial charge in [-0.2, -0.15) is 0 Å². The summed E-state index contributed by atoms with van der Waals surface area (Å²) in [4.78, 5) is 34.0. The minimum absolute atomic E-state index is 0.0532. The van der Waals surface area contributed by atoms with Crippen molar-refractivity contribution >= 4 is 39.2 Å². The highest BCUT2D eigenvalue weighted by molar-refractivity contribution is 7.99. The third-order valence-electron chi connectivity index (χ3n) is 4.53. The summed E-state index contributed by atoms with van der Waals surface area (Å²) in [5, 5.41) is 3.60. The van der Waals surface area contributed by atoms with E-state index in [1.54, 1.807) is 11.3 Å². The normalized spacial score (nSPS) is 12.9. The highest BCUT2D eigenvalue weighted by atomic mass is 32.2. The van der Waals surface area contributed by atoms with Crippen LogP contribution in [0.2, 0.25) is 0 Å². The molecule has 0 spiro atoms. The number of hydrogen-bond acceptors (Lipinski definition) is 6. The lowest BCUT2D eigenvalue weighted by molar-refractivity contribution is -0.118. The van der Waals surface area contributed by atoms with Crippen LogP contribution in [0.1, 0.15) is 22.7 Å². The van der Waals surface area contributed by atoms with Gasteiger partial charge in [-0.25, -0.2) is 4.98 Å². The number of aromatic amines is 1. The predicted octanol–water partition coefficient (Wildman–Crippen LogP) is 2.90. The van der Waals surface area contributed by atoms with Crippen LogP contribution in [-0.2, 0) is 23.4 Å². The molecule has 3 aromatic rings. The van der Waals surface area contributed by atoms with Crippen LogP contribution < -0.4 is 15.6 Å². The molecule has 1 aliphatic rings. The number of aryl methyl sites for hydroxylation is 2. The summed E-state index contributed by atoms with van der Waals surface area (Å²) in [5.74, 6) is 2.18. The van der Waals surface area contributed by atoms with E-state index < -0.39 is 0 Å². The second-order valence-electron chi connectivity index (χ2n) is 6.55. The maximum Gasteiger partial charge on any atom is 0.259 e. The fraction of sp³-hybridized carbons (Fsp3) is 0.350. The molecule has 8 heteroatoms. The van der Waals surface area contributed by atoms with Gasteiger partial charge in [0.1, 0.15) is 23.0 Å². The molecule has 6 nitrogen and oxygen atoms in total. The number of H-pyrrole nitrogens is 1. The highest BCUT2D eigenvalue weighted by Gasteiger charge is 2.21. The van der Waals surface area contributed by atoms with Gasteiger partial charge in [0.05, 0.1) is 23.4 Å². The van der Waals surface area contributed by atoms with Gasteiger partial charge < -0.3 is 15.0 Å². The minimum atomic E-state index is -0.0554. The Balaban J connectivity index is 1.22. The van der Waals surface area contributed by atoms with Gasteiger partial charge in [-0.1, -0.05) is 18.2 Å². The van der Waals surface area contributed by atoms with E-state index in [0.29, 0.717) is 30.5 Å². The number of nitrogens with one attached hydrogen (secondary N) is 2. The van der Waals surface area contributed by atoms with Gasteiger partial charge in [0.2, 0.25) is 5.91 Å². The second kappa shape index (κ2) is 8.79. The number of thioether (sulfide) groups is 1. The molecule has 0 unspecified atom stereocenters. The lowest BCUT2D eigenvalue weighted by Gasteiger charge is -2.07. The third kappa shape index (κ3) is 4.39. The Bertz CT molecular complexity index is 1030. The first-order chi connectivity index (χ1) is 13.7. The topological polar surface area (TPSA) is 84.1 Å². The van der Waals surface area contributed by atoms with Crippen molar-refractivity contribution in [2.24, 2.45) is 0 Å². The fourth-order valence-corrected chi connectivity index (χ4v) is 5.28. The summed E-state index contributed by atoms with van der Waals surface area (Å²) in [6.45, 7) is 0.880. The quantitative estimate of drug-likeness (QED) is 0.553. The van der Waals surface area contributed by atoms with E-state index in [1.165, 1.54) is 22.2 Å². The van der Waals surface area contributed by atoms with Gasteiger partial charge in [0.15, 0.2) is 0 Å². The largest absolute Gasteiger partial charge is 0.492 e. The van der Waals surface area contributed by atoms with Gasteiger partial charge in [-0.3, -0.25) is 9.59 Å². The van der Waals surface area contributed by atoms with Crippen molar-refractivity contribution in [2.45, 2.75) is 25.0 Å². The molecule has 0 saturated heterocycles. The molecular formula is C20H21N3O3S2. The Morgan fingerprint density at radius 1 is 1.29 bits per heavy atom. The molecule has 1 aliphatic carbocycles. The summed E-state index contributed by atoms with van der Waals surface area (Å²) in [6.07, 6.45) is 3.15. The van der Waals surface area contributed by atoms with Crippen molar-refractivity contribution in [3.8, 4) is 5.75 Å². The Morgan fingerprint density at radius 3 is 3.00 bits per heavy atom. The van der Waals surface area contributed by atoms with Crippen molar-refractivity contribution in [1.29, 1.82) is 0 Å². The molecule has 1 amide bonds. The standard InChI is InChI=1S/C20H21N3O3S2/c24-17(21-9-10-26-13-5-2-1-3-6-13)12-27-11-16-22-19(25)18-14-7-4-8-15(14)28-20(18)23-16/h1-3,5-6H,4,7-12H2,(H,21,24)(H,22,23,25). The van der Waals surface area contributed by atoms with Gasteiger partial charge in [0, 0.05) is 4.88 Å². The number of para-hydroxylation sites is 1. The van der Waals surface area contributed by atoms with Crippen LogP contribution in [0.5, 0.6) is 5.75 Å². The Kier molecular flexibility index (Phi) is 5.97. The van der Waals surface area contributed by atoms with E-state index in [2.05, 4.69) is 15.3 Å². The summed E-state index contributed by atoms with van der Waals surface area (Å²) in [5.41, 5.74) is 1.13. The number of aromatic nitrogens is 2. The third-order valence-corrected chi connectivity index (χ3v) is 6.66. The molecule has 0 aliphatic heterocycles. The lowest BCUT2D eigenvalue weighted by Crippen LogP contribution is -2.29. The lowest BCUT2D eigenvalue weighted by atomic mass is 10.2. The maximum absolute atomic E-state index is 12.4. The summed E-state index contributed by atoms with van der Waals surface area (Å²) in [7, 11) is 0. The van der Waals surface area contributed by atoms with E-state index in [-0.39, 0.29) is 11.5 Å². The number of rotatable bonds is 8. The van der Waals surface area contributed by atoms with Crippen molar-refractivity contribution in [1.82, 2.24) is 15.3 Å². The molecule has 0 bridgehead atoms. The second-order valence-corrected chi connectivity index (χ2v) is 8.62. The molecule has 0 fully saturated rings. The molecule has 0 atom stereocenters. The van der Waals surface area contributed by atoms with Gasteiger partial charge in [-0.15, -0.1) is 23.1 Å². The fourth-order valence-electron chi connectivity index (χ4n) is 3.28. The molecular weight excluding hydrogens is 394 g/mol. The predicted molar refractivity (Wildman–Crippen MR) is 113 cm³/mol. The number of benzene rings is 1. The summed E-state index contributed by atoms with van der Waals surface area (Å²) < 4.78 is 5.54. The first kappa shape index (κ1) is 19.0. The van der Waals surface area contributed by atoms with Crippen LogP contribution in [0, 0.1) is 0 Å². The first-order valence-electron chi connectivity index (χ1n) is 9.26. The van der Waals surface area contributed by atoms with Crippen LogP contribution >= 0.6 is 23.1 Å². The average molecular weight is 416 g/mol. The highest BCUT2D eigenvalue weighted by Crippen LogP contribution is 2.34. The van der Waals surface area contributed by atoms with Crippen molar-refractivity contribution in [3.63, 3.8) is 0 Å². The first-order valence-corrected chi connectivity index (χ1v) is 11.2. The number of ether oxygens (including phenoxy) is 1. The zero-order valence-electron chi connectivity index (χ0n) is 15.3. The molecule has 2 aromatic heterocycles. The van der Waals surface area contributed by atoms with Gasteiger partial charge >= 0.3 is 0 Å². The SMILES string of the molecule is O=C(CSCc1nc2sc3c(c2c(=O)[nH]1)CCC3)NCCOc1ccccc1. The van der Waals surface area contributed by atoms with Crippen LogP contribution in [0.3, 0.4) is 0 Å². The smallest absolute Gasteiger partial charge is 0.259 e. The van der Waals surface area contributed by atoms with Crippen LogP contribution in [-0.4, -0.2) is 34.8 Å². The zero-order valence-corrected chi connectivity index (χ0v) is 17.0. The maximum atomic E-state index is 12.4. The molecule has 1 aromatic carbocycles. The van der Waals surface area contributed by atoms with Crippen LogP contribution in [0.15, 0.2) is 35.1 Å². The average Bonchev–Trinajstić information content (AvgIpc) is 3.27. The van der Waals surface area contributed by atoms with Crippen LogP contribution in [0.4, 0.5) is 0 Å². The van der Waals surface area contributed by atoms with Crippen molar-refractivity contribution in [3.05, 3.63) is 57.0 Å². The molecule has 2 heterocycles. The van der Waals surface area contributed by atoms with Crippen LogP contribution in [0.25, 0.3) is 10.2 Å². The number of thiophene rings is 1. The Hall–Kier alpha value is -2.32. The van der Waals surface area contributed by atoms with Gasteiger partial charge in [0.25, 0.3) is 5.56 Å². The number of hydrogen-bond donors (Lipinski definition) is 2. The number of carbonyl (C=O) groups is 1. The van der Waals surface area contributed by atoms with E-state index in [4.69, 9.17) is 4.74 Å². The Morgan fingerprint density at radius 2 is 2.14 bits per heavy atom. The van der Waals surface area contributed by atoms with Crippen molar-refractivity contribution in [2.75, 3.05) is 18.9 Å². The number of nitrogens with zero attached hydrogens (tertiary/aromatic N) is 1. The molecule has 0 saturated carbocycles. The van der Waals surface area contributed by atoms with E-state index in [0.717, 1.165) is 35.2 Å². The molecule has 146 valence electrons. The zero-order chi connectivity index (χ0) is 19.3. The Labute approximate surface area is 170 Å². The van der Waals surface area contributed by atoms with Gasteiger partial charge in [-0.05, 0) is 37.0 Å². The van der Waals surface area contributed by atoms with E-state index in [1.807, 2.05) is 30.3 Å². The van der Waals surface area contributed by atoms with E-state index >= 15 is 0 Å². The molecule has 2 N–H and O–H groups in total. The summed E-state index contributed by atoms with van der Waals surface area (Å²) >= 11 is 3.07. The van der Waals surface area contributed by atoms with Crippen molar-refractivity contribution < 1.29 is 9.53 Å². The van der Waals surface area contributed by atoms with E-state index in [9.17, 15) is 9.59 Å².